The van der Waals surface area contributed by atoms with Crippen LogP contribution >= 0.6 is 0 Å². The maximum absolute atomic E-state index is 13.3. The van der Waals surface area contributed by atoms with Gasteiger partial charge in [0.25, 0.3) is 5.91 Å². The van der Waals surface area contributed by atoms with E-state index in [-0.39, 0.29) is 5.70 Å². The highest BCUT2D eigenvalue weighted by Gasteiger charge is 2.20. The van der Waals surface area contributed by atoms with Gasteiger partial charge in [0.15, 0.2) is 5.82 Å². The lowest BCUT2D eigenvalue weighted by Gasteiger charge is -2.11. The molecule has 0 aliphatic carbocycles. The van der Waals surface area contributed by atoms with Crippen LogP contribution in [0.15, 0.2) is 77.4 Å². The molecule has 2 aromatic heterocycles. The molecule has 4 aromatic rings. The highest BCUT2D eigenvalue weighted by molar-refractivity contribution is 6.24. The van der Waals surface area contributed by atoms with E-state index in [4.69, 9.17) is 9.15 Å². The van der Waals surface area contributed by atoms with Gasteiger partial charge < -0.3 is 14.5 Å². The Hall–Kier alpha value is -4.53. The van der Waals surface area contributed by atoms with E-state index in [0.29, 0.717) is 29.4 Å². The van der Waals surface area contributed by atoms with Gasteiger partial charge in [-0.15, -0.1) is 5.10 Å². The van der Waals surface area contributed by atoms with E-state index in [2.05, 4.69) is 20.8 Å². The average Bonchev–Trinajstić information content (AvgIpc) is 3.54. The molecule has 166 valence electrons. The summed E-state index contributed by atoms with van der Waals surface area (Å²) in [6.07, 6.45) is 3.80. The number of nitrogens with one attached hydrogen (secondary N) is 1. The third-order valence-corrected chi connectivity index (χ3v) is 4.60. The Morgan fingerprint density at radius 2 is 1.85 bits per heavy atom. The molecule has 0 saturated heterocycles. The topological polar surface area (TPSA) is 112 Å². The second-order valence-corrected chi connectivity index (χ2v) is 6.99. The summed E-state index contributed by atoms with van der Waals surface area (Å²) in [5.41, 5.74) is 1.79. The van der Waals surface area contributed by atoms with Gasteiger partial charge in [-0.25, -0.2) is 4.79 Å². The zero-order valence-electron chi connectivity index (χ0n) is 17.8. The van der Waals surface area contributed by atoms with Crippen LogP contribution in [0, 0.1) is 0 Å². The molecule has 0 atom stereocenters. The number of benzene rings is 2. The monoisotopic (exact) mass is 443 g/mol. The van der Waals surface area contributed by atoms with Gasteiger partial charge >= 0.3 is 5.97 Å². The molecule has 2 aromatic carbocycles. The van der Waals surface area contributed by atoms with Crippen LogP contribution in [0.25, 0.3) is 23.2 Å². The van der Waals surface area contributed by atoms with Crippen molar-refractivity contribution in [3.63, 3.8) is 0 Å². The maximum atomic E-state index is 13.3. The first-order valence-electron chi connectivity index (χ1n) is 10.3. The average molecular weight is 443 g/mol. The molecule has 0 radical (unpaired) electrons. The standard InChI is InChI=1S/C24H21N5O4/c1-2-14-33-24(31)18-10-12-19(13-11-18)25-23(30)21(16-20-9-6-15-32-20)29-22(26-27-28-29)17-7-4-3-5-8-17/h3-13,15-16H,2,14H2,1H3,(H,25,30)/b21-16+. The summed E-state index contributed by atoms with van der Waals surface area (Å²) in [4.78, 5) is 25.2. The number of esters is 1. The Morgan fingerprint density at radius 1 is 1.06 bits per heavy atom. The lowest BCUT2D eigenvalue weighted by atomic mass is 10.2. The van der Waals surface area contributed by atoms with Gasteiger partial charge in [-0.3, -0.25) is 4.79 Å². The molecule has 1 amide bonds. The van der Waals surface area contributed by atoms with Crippen molar-refractivity contribution in [1.82, 2.24) is 20.2 Å². The minimum atomic E-state index is -0.461. The van der Waals surface area contributed by atoms with Crippen LogP contribution in [-0.2, 0) is 9.53 Å². The molecule has 33 heavy (non-hydrogen) atoms. The lowest BCUT2D eigenvalue weighted by molar-refractivity contribution is -0.111. The van der Waals surface area contributed by atoms with Crippen molar-refractivity contribution < 1.29 is 18.7 Å². The van der Waals surface area contributed by atoms with Crippen LogP contribution in [0.4, 0.5) is 5.69 Å². The predicted molar refractivity (Wildman–Crippen MR) is 122 cm³/mol. The molecule has 0 fully saturated rings. The van der Waals surface area contributed by atoms with Crippen LogP contribution in [0.2, 0.25) is 0 Å². The minimum Gasteiger partial charge on any atom is -0.465 e. The molecule has 4 rings (SSSR count). The molecule has 0 bridgehead atoms. The van der Waals surface area contributed by atoms with Gasteiger partial charge in [-0.1, -0.05) is 37.3 Å². The van der Waals surface area contributed by atoms with Crippen LogP contribution in [0.3, 0.4) is 0 Å². The van der Waals surface area contributed by atoms with Crippen molar-refractivity contribution in [3.05, 3.63) is 84.3 Å². The number of carbonyl (C=O) groups is 2. The number of furan rings is 1. The molecule has 9 nitrogen and oxygen atoms in total. The molecule has 0 saturated carbocycles. The normalized spacial score (nSPS) is 11.2. The van der Waals surface area contributed by atoms with E-state index >= 15 is 0 Å². The number of ether oxygens (including phenoxy) is 1. The maximum Gasteiger partial charge on any atom is 0.338 e. The van der Waals surface area contributed by atoms with Crippen LogP contribution in [0.1, 0.15) is 29.5 Å². The Labute approximate surface area is 189 Å². The highest BCUT2D eigenvalue weighted by atomic mass is 16.5. The summed E-state index contributed by atoms with van der Waals surface area (Å²) in [5, 5.41) is 14.7. The summed E-state index contributed by atoms with van der Waals surface area (Å²) >= 11 is 0. The second-order valence-electron chi connectivity index (χ2n) is 6.99. The second kappa shape index (κ2) is 10.2. The quantitative estimate of drug-likeness (QED) is 0.322. The Kier molecular flexibility index (Phi) is 6.70. The molecular formula is C24H21N5O4. The van der Waals surface area contributed by atoms with E-state index in [1.165, 1.54) is 10.9 Å². The molecular weight excluding hydrogens is 422 g/mol. The number of hydrogen-bond donors (Lipinski definition) is 1. The van der Waals surface area contributed by atoms with Gasteiger partial charge in [0.1, 0.15) is 11.5 Å². The number of amides is 1. The zero-order valence-corrected chi connectivity index (χ0v) is 17.8. The van der Waals surface area contributed by atoms with Gasteiger partial charge in [-0.05, 0) is 53.2 Å². The molecule has 2 heterocycles. The summed E-state index contributed by atoms with van der Waals surface area (Å²) in [7, 11) is 0. The molecule has 0 unspecified atom stereocenters. The number of aromatic nitrogens is 4. The number of anilines is 1. The van der Waals surface area contributed by atoms with Gasteiger partial charge in [-0.2, -0.15) is 4.68 Å². The van der Waals surface area contributed by atoms with E-state index in [1.54, 1.807) is 42.5 Å². The van der Waals surface area contributed by atoms with Gasteiger partial charge in [0.2, 0.25) is 0 Å². The smallest absolute Gasteiger partial charge is 0.338 e. The predicted octanol–water partition coefficient (Wildman–Crippen LogP) is 4.14. The van der Waals surface area contributed by atoms with Crippen molar-refractivity contribution in [2.45, 2.75) is 13.3 Å². The molecule has 0 aliphatic heterocycles. The summed E-state index contributed by atoms with van der Waals surface area (Å²) < 4.78 is 11.9. The van der Waals surface area contributed by atoms with E-state index in [9.17, 15) is 9.59 Å². The number of carbonyl (C=O) groups excluding carboxylic acids is 2. The zero-order chi connectivity index (χ0) is 23.0. The number of nitrogens with zero attached hydrogens (tertiary/aromatic N) is 4. The van der Waals surface area contributed by atoms with E-state index in [1.807, 2.05) is 37.3 Å². The van der Waals surface area contributed by atoms with Crippen molar-refractivity contribution in [1.29, 1.82) is 0 Å². The molecule has 1 N–H and O–H groups in total. The summed E-state index contributed by atoms with van der Waals surface area (Å²) in [5.74, 6) is -0.00670. The first-order valence-corrected chi connectivity index (χ1v) is 10.3. The van der Waals surface area contributed by atoms with E-state index in [0.717, 1.165) is 12.0 Å². The minimum absolute atomic E-state index is 0.153. The fourth-order valence-corrected chi connectivity index (χ4v) is 3.01. The van der Waals surface area contributed by atoms with E-state index < -0.39 is 11.9 Å². The van der Waals surface area contributed by atoms with Crippen LogP contribution in [0.5, 0.6) is 0 Å². The number of rotatable bonds is 8. The number of hydrogen-bond acceptors (Lipinski definition) is 7. The van der Waals surface area contributed by atoms with Crippen molar-refractivity contribution >= 4 is 29.3 Å². The van der Waals surface area contributed by atoms with Crippen LogP contribution in [-0.4, -0.2) is 38.7 Å². The lowest BCUT2D eigenvalue weighted by Crippen LogP contribution is -2.19. The first-order chi connectivity index (χ1) is 16.2. The highest BCUT2D eigenvalue weighted by Crippen LogP contribution is 2.22. The summed E-state index contributed by atoms with van der Waals surface area (Å²) in [6.45, 7) is 2.28. The van der Waals surface area contributed by atoms with Crippen molar-refractivity contribution in [2.24, 2.45) is 0 Å². The van der Waals surface area contributed by atoms with Crippen LogP contribution < -0.4 is 5.32 Å². The first kappa shape index (κ1) is 21.7. The third-order valence-electron chi connectivity index (χ3n) is 4.60. The number of tetrazole rings is 1. The Morgan fingerprint density at radius 3 is 2.55 bits per heavy atom. The SMILES string of the molecule is CCCOC(=O)c1ccc(NC(=O)/C(=C\c2ccco2)n2nnnc2-c2ccccc2)cc1. The Bertz CT molecular complexity index is 1250. The molecule has 0 spiro atoms. The molecule has 0 aliphatic rings. The van der Waals surface area contributed by atoms with Gasteiger partial charge in [0.05, 0.1) is 18.4 Å². The van der Waals surface area contributed by atoms with Gasteiger partial charge in [0, 0.05) is 17.3 Å². The largest absolute Gasteiger partial charge is 0.465 e. The fraction of sp³-hybridized carbons (Fsp3) is 0.125. The summed E-state index contributed by atoms with van der Waals surface area (Å²) in [6, 6.07) is 19.2. The Balaban J connectivity index is 1.61. The fourth-order valence-electron chi connectivity index (χ4n) is 3.01. The molecule has 9 heteroatoms. The van der Waals surface area contributed by atoms with Crippen molar-refractivity contribution in [3.8, 4) is 11.4 Å². The third kappa shape index (κ3) is 5.21. The van der Waals surface area contributed by atoms with Crippen molar-refractivity contribution in [2.75, 3.05) is 11.9 Å².